The Morgan fingerprint density at radius 2 is 1.65 bits per heavy atom. The molecule has 0 fully saturated rings. The van der Waals surface area contributed by atoms with E-state index < -0.39 is 29.7 Å². The van der Waals surface area contributed by atoms with Gasteiger partial charge in [-0.05, 0) is 29.8 Å². The van der Waals surface area contributed by atoms with E-state index in [2.05, 4.69) is 10.6 Å². The number of anilines is 1. The van der Waals surface area contributed by atoms with Crippen LogP contribution in [0, 0.1) is 0 Å². The maximum absolute atomic E-state index is 12.5. The van der Waals surface area contributed by atoms with Crippen molar-refractivity contribution in [2.24, 2.45) is 0 Å². The second-order valence-corrected chi connectivity index (χ2v) is 5.69. The van der Waals surface area contributed by atoms with E-state index >= 15 is 0 Å². The summed E-state index contributed by atoms with van der Waals surface area (Å²) >= 11 is 5.86. The standard InChI is InChI=1S/C17H14ClF3N2O3/c18-12-3-1-2-4-13(12)23-16(26)15(25)22-9-14(24)10-5-7-11(8-6-10)17(19,20)21/h1-8,14,24H,9H2,(H,22,25)(H,23,26). The number of alkyl halides is 3. The lowest BCUT2D eigenvalue weighted by Gasteiger charge is -2.14. The second-order valence-electron chi connectivity index (χ2n) is 5.28. The topological polar surface area (TPSA) is 78.4 Å². The van der Waals surface area contributed by atoms with Gasteiger partial charge in [0.1, 0.15) is 0 Å². The fourth-order valence-corrected chi connectivity index (χ4v) is 2.21. The molecule has 0 aliphatic carbocycles. The Hall–Kier alpha value is -2.58. The van der Waals surface area contributed by atoms with Gasteiger partial charge in [0.25, 0.3) is 0 Å². The van der Waals surface area contributed by atoms with Gasteiger partial charge in [0.15, 0.2) is 0 Å². The van der Waals surface area contributed by atoms with Crippen LogP contribution in [-0.4, -0.2) is 23.5 Å². The zero-order valence-corrected chi connectivity index (χ0v) is 13.9. The van der Waals surface area contributed by atoms with Gasteiger partial charge in [-0.3, -0.25) is 9.59 Å². The van der Waals surface area contributed by atoms with Crippen molar-refractivity contribution in [2.45, 2.75) is 12.3 Å². The summed E-state index contributed by atoms with van der Waals surface area (Å²) in [5, 5.41) is 14.7. The molecule has 0 saturated carbocycles. The van der Waals surface area contributed by atoms with Crippen LogP contribution in [0.2, 0.25) is 5.02 Å². The largest absolute Gasteiger partial charge is 0.416 e. The molecule has 9 heteroatoms. The molecule has 0 spiro atoms. The first-order chi connectivity index (χ1) is 12.2. The number of hydrogen-bond acceptors (Lipinski definition) is 3. The van der Waals surface area contributed by atoms with Gasteiger partial charge >= 0.3 is 18.0 Å². The highest BCUT2D eigenvalue weighted by Gasteiger charge is 2.30. The number of carbonyl (C=O) groups excluding carboxylic acids is 2. The lowest BCUT2D eigenvalue weighted by Crippen LogP contribution is -2.37. The van der Waals surface area contributed by atoms with Crippen LogP contribution in [0.1, 0.15) is 17.2 Å². The number of amides is 2. The van der Waals surface area contributed by atoms with Crippen molar-refractivity contribution < 1.29 is 27.9 Å². The molecule has 0 aliphatic rings. The summed E-state index contributed by atoms with van der Waals surface area (Å²) in [4.78, 5) is 23.5. The molecule has 0 bridgehead atoms. The van der Waals surface area contributed by atoms with Crippen LogP contribution in [-0.2, 0) is 15.8 Å². The van der Waals surface area contributed by atoms with Crippen molar-refractivity contribution >= 4 is 29.1 Å². The summed E-state index contributed by atoms with van der Waals surface area (Å²) in [5.41, 5.74) is -0.431. The first-order valence-corrected chi connectivity index (χ1v) is 7.75. The monoisotopic (exact) mass is 386 g/mol. The number of aliphatic hydroxyl groups is 1. The van der Waals surface area contributed by atoms with Gasteiger partial charge in [-0.15, -0.1) is 0 Å². The van der Waals surface area contributed by atoms with Crippen LogP contribution in [0.3, 0.4) is 0 Å². The van der Waals surface area contributed by atoms with E-state index in [1.54, 1.807) is 12.1 Å². The number of rotatable bonds is 4. The molecule has 0 aliphatic heterocycles. The van der Waals surface area contributed by atoms with Gasteiger partial charge < -0.3 is 15.7 Å². The summed E-state index contributed by atoms with van der Waals surface area (Å²) in [7, 11) is 0. The molecule has 3 N–H and O–H groups in total. The van der Waals surface area contributed by atoms with Gasteiger partial charge in [0.05, 0.1) is 22.4 Å². The fraction of sp³-hybridized carbons (Fsp3) is 0.176. The minimum Gasteiger partial charge on any atom is -0.387 e. The molecule has 1 atom stereocenters. The quantitative estimate of drug-likeness (QED) is 0.706. The minimum atomic E-state index is -4.48. The van der Waals surface area contributed by atoms with E-state index in [9.17, 15) is 27.9 Å². The van der Waals surface area contributed by atoms with E-state index in [4.69, 9.17) is 11.6 Å². The number of carbonyl (C=O) groups is 2. The van der Waals surface area contributed by atoms with E-state index in [-0.39, 0.29) is 22.8 Å². The fourth-order valence-electron chi connectivity index (χ4n) is 2.02. The number of halogens is 4. The van der Waals surface area contributed by atoms with Gasteiger partial charge in [-0.1, -0.05) is 35.9 Å². The van der Waals surface area contributed by atoms with Crippen molar-refractivity contribution in [1.82, 2.24) is 5.32 Å². The summed E-state index contributed by atoms with van der Waals surface area (Å²) in [6.07, 6.45) is -5.75. The minimum absolute atomic E-state index is 0.171. The number of aliphatic hydroxyl groups excluding tert-OH is 1. The molecular weight excluding hydrogens is 373 g/mol. The Labute approximate surface area is 151 Å². The van der Waals surface area contributed by atoms with E-state index in [0.29, 0.717) is 0 Å². The van der Waals surface area contributed by atoms with Gasteiger partial charge in [0, 0.05) is 6.54 Å². The average Bonchev–Trinajstić information content (AvgIpc) is 2.60. The molecule has 5 nitrogen and oxygen atoms in total. The summed E-state index contributed by atoms with van der Waals surface area (Å²) in [6, 6.07) is 10.2. The first kappa shape index (κ1) is 19.7. The summed E-state index contributed by atoms with van der Waals surface area (Å²) in [5.74, 6) is -2.01. The SMILES string of the molecule is O=C(NCC(O)c1ccc(C(F)(F)F)cc1)C(=O)Nc1ccccc1Cl. The summed E-state index contributed by atoms with van der Waals surface area (Å²) < 4.78 is 37.5. The molecule has 138 valence electrons. The maximum Gasteiger partial charge on any atom is 0.416 e. The molecule has 0 aromatic heterocycles. The van der Waals surface area contributed by atoms with Crippen molar-refractivity contribution in [1.29, 1.82) is 0 Å². The number of benzene rings is 2. The predicted molar refractivity (Wildman–Crippen MR) is 89.5 cm³/mol. The van der Waals surface area contributed by atoms with Crippen LogP contribution in [0.5, 0.6) is 0 Å². The van der Waals surface area contributed by atoms with Crippen molar-refractivity contribution in [3.8, 4) is 0 Å². The molecular formula is C17H14ClF3N2O3. The summed E-state index contributed by atoms with van der Waals surface area (Å²) in [6.45, 7) is -0.347. The van der Waals surface area contributed by atoms with Crippen LogP contribution in [0.4, 0.5) is 18.9 Å². The molecule has 26 heavy (non-hydrogen) atoms. The Balaban J connectivity index is 1.90. The maximum atomic E-state index is 12.5. The van der Waals surface area contributed by atoms with Crippen LogP contribution in [0.25, 0.3) is 0 Å². The zero-order valence-electron chi connectivity index (χ0n) is 13.2. The lowest BCUT2D eigenvalue weighted by molar-refractivity contribution is -0.137. The molecule has 0 heterocycles. The first-order valence-electron chi connectivity index (χ1n) is 7.37. The molecule has 0 radical (unpaired) electrons. The van der Waals surface area contributed by atoms with Crippen molar-refractivity contribution in [3.05, 3.63) is 64.7 Å². The Bertz CT molecular complexity index is 795. The lowest BCUT2D eigenvalue weighted by atomic mass is 10.1. The Morgan fingerprint density at radius 1 is 1.04 bits per heavy atom. The van der Waals surface area contributed by atoms with Crippen LogP contribution in [0.15, 0.2) is 48.5 Å². The third kappa shape index (κ3) is 5.21. The highest BCUT2D eigenvalue weighted by atomic mass is 35.5. The Morgan fingerprint density at radius 3 is 2.23 bits per heavy atom. The molecule has 2 rings (SSSR count). The average molecular weight is 387 g/mol. The van der Waals surface area contributed by atoms with E-state index in [1.807, 2.05) is 0 Å². The van der Waals surface area contributed by atoms with E-state index in [0.717, 1.165) is 24.3 Å². The number of para-hydroxylation sites is 1. The highest BCUT2D eigenvalue weighted by Crippen LogP contribution is 2.29. The Kier molecular flexibility index (Phi) is 6.23. The smallest absolute Gasteiger partial charge is 0.387 e. The molecule has 2 aromatic rings. The molecule has 2 amide bonds. The molecule has 1 unspecified atom stereocenters. The zero-order chi connectivity index (χ0) is 19.3. The van der Waals surface area contributed by atoms with Crippen molar-refractivity contribution in [3.63, 3.8) is 0 Å². The van der Waals surface area contributed by atoms with Gasteiger partial charge in [-0.2, -0.15) is 13.2 Å². The predicted octanol–water partition coefficient (Wildman–Crippen LogP) is 3.15. The normalized spacial score (nSPS) is 12.3. The van der Waals surface area contributed by atoms with E-state index in [1.165, 1.54) is 12.1 Å². The third-order valence-electron chi connectivity index (χ3n) is 3.41. The number of nitrogens with one attached hydrogen (secondary N) is 2. The third-order valence-corrected chi connectivity index (χ3v) is 3.74. The molecule has 0 saturated heterocycles. The highest BCUT2D eigenvalue weighted by molar-refractivity contribution is 6.41. The molecule has 2 aromatic carbocycles. The van der Waals surface area contributed by atoms with Gasteiger partial charge in [-0.25, -0.2) is 0 Å². The van der Waals surface area contributed by atoms with Crippen molar-refractivity contribution in [2.75, 3.05) is 11.9 Å². The van der Waals surface area contributed by atoms with Crippen LogP contribution >= 0.6 is 11.6 Å². The number of hydrogen-bond donors (Lipinski definition) is 3. The van der Waals surface area contributed by atoms with Gasteiger partial charge in [0.2, 0.25) is 0 Å². The second kappa shape index (κ2) is 8.20. The van der Waals surface area contributed by atoms with Crippen LogP contribution < -0.4 is 10.6 Å².